The molecule has 5 heteroatoms. The number of hydrogen-bond acceptors (Lipinski definition) is 3. The number of likely N-dealkylation sites (N-methyl/N-ethyl adjacent to an activating group) is 1. The van der Waals surface area contributed by atoms with Crippen molar-refractivity contribution in [3.05, 3.63) is 0 Å². The SMILES string of the molecule is CCNCC(=O)N1CCCCC1C(N)=O. The van der Waals surface area contributed by atoms with Crippen LogP contribution in [0.25, 0.3) is 0 Å². The van der Waals surface area contributed by atoms with Gasteiger partial charge in [0.2, 0.25) is 11.8 Å². The van der Waals surface area contributed by atoms with Gasteiger partial charge in [-0.05, 0) is 25.8 Å². The Morgan fingerprint density at radius 3 is 2.80 bits per heavy atom. The first-order valence-corrected chi connectivity index (χ1v) is 5.46. The quantitative estimate of drug-likeness (QED) is 0.658. The molecule has 1 heterocycles. The number of hydrogen-bond donors (Lipinski definition) is 2. The third kappa shape index (κ3) is 3.20. The molecule has 0 spiro atoms. The summed E-state index contributed by atoms with van der Waals surface area (Å²) in [5.74, 6) is -0.417. The van der Waals surface area contributed by atoms with Gasteiger partial charge >= 0.3 is 0 Å². The fourth-order valence-electron chi connectivity index (χ4n) is 1.86. The molecule has 1 aliphatic heterocycles. The van der Waals surface area contributed by atoms with E-state index in [1.54, 1.807) is 4.90 Å². The predicted octanol–water partition coefficient (Wildman–Crippen LogP) is -0.538. The Balaban J connectivity index is 2.55. The lowest BCUT2D eigenvalue weighted by molar-refractivity contribution is -0.140. The zero-order valence-electron chi connectivity index (χ0n) is 9.16. The fourth-order valence-corrected chi connectivity index (χ4v) is 1.86. The molecule has 0 aromatic carbocycles. The Kier molecular flexibility index (Phi) is 4.55. The maximum absolute atomic E-state index is 11.7. The normalized spacial score (nSPS) is 21.4. The van der Waals surface area contributed by atoms with Crippen molar-refractivity contribution in [3.63, 3.8) is 0 Å². The number of carbonyl (C=O) groups is 2. The van der Waals surface area contributed by atoms with Gasteiger partial charge < -0.3 is 16.0 Å². The average molecular weight is 213 g/mol. The first kappa shape index (κ1) is 12.0. The first-order valence-electron chi connectivity index (χ1n) is 5.46. The molecule has 86 valence electrons. The molecule has 0 radical (unpaired) electrons. The Bertz CT molecular complexity index is 243. The summed E-state index contributed by atoms with van der Waals surface area (Å²) < 4.78 is 0. The van der Waals surface area contributed by atoms with Crippen LogP contribution in [0.3, 0.4) is 0 Å². The lowest BCUT2D eigenvalue weighted by Crippen LogP contribution is -2.52. The summed E-state index contributed by atoms with van der Waals surface area (Å²) in [7, 11) is 0. The molecule has 1 unspecified atom stereocenters. The second-order valence-electron chi connectivity index (χ2n) is 3.78. The zero-order valence-corrected chi connectivity index (χ0v) is 9.16. The molecule has 0 aromatic heterocycles. The van der Waals surface area contributed by atoms with Crippen molar-refractivity contribution >= 4 is 11.8 Å². The van der Waals surface area contributed by atoms with Crippen molar-refractivity contribution in [1.29, 1.82) is 0 Å². The molecule has 1 saturated heterocycles. The highest BCUT2D eigenvalue weighted by Gasteiger charge is 2.29. The number of nitrogens with two attached hydrogens (primary N) is 1. The number of piperidine rings is 1. The molecule has 1 rings (SSSR count). The molecule has 0 saturated carbocycles. The molecule has 1 fully saturated rings. The van der Waals surface area contributed by atoms with Crippen LogP contribution >= 0.6 is 0 Å². The summed E-state index contributed by atoms with van der Waals surface area (Å²) in [6, 6.07) is -0.398. The number of nitrogens with zero attached hydrogens (tertiary/aromatic N) is 1. The van der Waals surface area contributed by atoms with Crippen LogP contribution in [-0.4, -0.2) is 42.4 Å². The molecule has 0 bridgehead atoms. The lowest BCUT2D eigenvalue weighted by Gasteiger charge is -2.33. The summed E-state index contributed by atoms with van der Waals surface area (Å²) >= 11 is 0. The molecule has 5 nitrogen and oxygen atoms in total. The van der Waals surface area contributed by atoms with Crippen molar-refractivity contribution in [2.75, 3.05) is 19.6 Å². The van der Waals surface area contributed by atoms with Crippen LogP contribution in [0, 0.1) is 0 Å². The van der Waals surface area contributed by atoms with Gasteiger partial charge in [-0.25, -0.2) is 0 Å². The van der Waals surface area contributed by atoms with E-state index in [1.807, 2.05) is 6.92 Å². The summed E-state index contributed by atoms with van der Waals surface area (Å²) in [5, 5.41) is 2.96. The second-order valence-corrected chi connectivity index (χ2v) is 3.78. The Hall–Kier alpha value is -1.10. The molecule has 3 N–H and O–H groups in total. The van der Waals surface area contributed by atoms with E-state index in [9.17, 15) is 9.59 Å². The topological polar surface area (TPSA) is 75.4 Å². The summed E-state index contributed by atoms with van der Waals surface area (Å²) in [6.45, 7) is 3.63. The van der Waals surface area contributed by atoms with E-state index < -0.39 is 6.04 Å². The van der Waals surface area contributed by atoms with E-state index >= 15 is 0 Å². The van der Waals surface area contributed by atoms with Crippen LogP contribution < -0.4 is 11.1 Å². The van der Waals surface area contributed by atoms with Crippen LogP contribution in [-0.2, 0) is 9.59 Å². The first-order chi connectivity index (χ1) is 7.16. The number of carbonyl (C=O) groups excluding carboxylic acids is 2. The maximum atomic E-state index is 11.7. The van der Waals surface area contributed by atoms with Gasteiger partial charge in [0.25, 0.3) is 0 Å². The largest absolute Gasteiger partial charge is 0.368 e. The van der Waals surface area contributed by atoms with Gasteiger partial charge in [-0.3, -0.25) is 9.59 Å². The fraction of sp³-hybridized carbons (Fsp3) is 0.800. The smallest absolute Gasteiger partial charge is 0.240 e. The van der Waals surface area contributed by atoms with Gasteiger partial charge in [-0.1, -0.05) is 6.92 Å². The van der Waals surface area contributed by atoms with Crippen molar-refractivity contribution in [2.45, 2.75) is 32.2 Å². The molecule has 1 atom stereocenters. The number of primary amides is 1. The Morgan fingerprint density at radius 1 is 1.47 bits per heavy atom. The van der Waals surface area contributed by atoms with Crippen molar-refractivity contribution in [1.82, 2.24) is 10.2 Å². The molecular weight excluding hydrogens is 194 g/mol. The zero-order chi connectivity index (χ0) is 11.3. The summed E-state index contributed by atoms with van der Waals surface area (Å²) in [5.41, 5.74) is 5.27. The number of amides is 2. The minimum Gasteiger partial charge on any atom is -0.368 e. The van der Waals surface area contributed by atoms with Crippen LogP contribution in [0.1, 0.15) is 26.2 Å². The van der Waals surface area contributed by atoms with Crippen LogP contribution in [0.5, 0.6) is 0 Å². The minimum atomic E-state index is -0.398. The molecule has 0 aliphatic carbocycles. The predicted molar refractivity (Wildman–Crippen MR) is 57.1 cm³/mol. The van der Waals surface area contributed by atoms with E-state index in [0.717, 1.165) is 19.4 Å². The Morgan fingerprint density at radius 2 is 2.20 bits per heavy atom. The molecule has 2 amide bonds. The van der Waals surface area contributed by atoms with Crippen LogP contribution in [0.15, 0.2) is 0 Å². The highest BCUT2D eigenvalue weighted by molar-refractivity contribution is 5.87. The highest BCUT2D eigenvalue weighted by Crippen LogP contribution is 2.16. The summed E-state index contributed by atoms with van der Waals surface area (Å²) in [4.78, 5) is 24.5. The van der Waals surface area contributed by atoms with Gasteiger partial charge in [-0.15, -0.1) is 0 Å². The van der Waals surface area contributed by atoms with Gasteiger partial charge in [-0.2, -0.15) is 0 Å². The standard InChI is InChI=1S/C10H19N3O2/c1-2-12-7-9(14)13-6-4-3-5-8(13)10(11)15/h8,12H,2-7H2,1H3,(H2,11,15). The average Bonchev–Trinajstić information content (AvgIpc) is 2.25. The van der Waals surface area contributed by atoms with Crippen LogP contribution in [0.4, 0.5) is 0 Å². The van der Waals surface area contributed by atoms with Crippen molar-refractivity contribution in [2.24, 2.45) is 5.73 Å². The van der Waals surface area contributed by atoms with Gasteiger partial charge in [0, 0.05) is 6.54 Å². The van der Waals surface area contributed by atoms with Gasteiger partial charge in [0.05, 0.1) is 6.54 Å². The van der Waals surface area contributed by atoms with Crippen molar-refractivity contribution < 1.29 is 9.59 Å². The molecule has 1 aliphatic rings. The van der Waals surface area contributed by atoms with E-state index in [4.69, 9.17) is 5.73 Å². The van der Waals surface area contributed by atoms with Gasteiger partial charge in [0.1, 0.15) is 6.04 Å². The molecule has 15 heavy (non-hydrogen) atoms. The number of nitrogens with one attached hydrogen (secondary N) is 1. The Labute approximate surface area is 90.0 Å². The lowest BCUT2D eigenvalue weighted by atomic mass is 10.0. The molecular formula is C10H19N3O2. The number of likely N-dealkylation sites (tertiary alicyclic amines) is 1. The minimum absolute atomic E-state index is 0.0275. The second kappa shape index (κ2) is 5.70. The monoisotopic (exact) mass is 213 g/mol. The van der Waals surface area contributed by atoms with E-state index in [0.29, 0.717) is 19.5 Å². The van der Waals surface area contributed by atoms with Crippen molar-refractivity contribution in [3.8, 4) is 0 Å². The van der Waals surface area contributed by atoms with E-state index in [1.165, 1.54) is 0 Å². The third-order valence-electron chi connectivity index (χ3n) is 2.68. The highest BCUT2D eigenvalue weighted by atomic mass is 16.2. The third-order valence-corrected chi connectivity index (χ3v) is 2.68. The van der Waals surface area contributed by atoms with Gasteiger partial charge in [0.15, 0.2) is 0 Å². The number of rotatable bonds is 4. The van der Waals surface area contributed by atoms with E-state index in [-0.39, 0.29) is 11.8 Å². The van der Waals surface area contributed by atoms with Crippen LogP contribution in [0.2, 0.25) is 0 Å². The summed E-state index contributed by atoms with van der Waals surface area (Å²) in [6.07, 6.45) is 2.63. The molecule has 0 aromatic rings. The maximum Gasteiger partial charge on any atom is 0.240 e. The van der Waals surface area contributed by atoms with E-state index in [2.05, 4.69) is 5.32 Å².